The van der Waals surface area contributed by atoms with Crippen molar-refractivity contribution in [3.63, 3.8) is 0 Å². The summed E-state index contributed by atoms with van der Waals surface area (Å²) >= 11 is 0. The molecule has 1 heterocycles. The van der Waals surface area contributed by atoms with Crippen LogP contribution in [0.1, 0.15) is 17.5 Å². The summed E-state index contributed by atoms with van der Waals surface area (Å²) in [5, 5.41) is 20.0. The molecule has 3 aromatic rings. The molecule has 0 radical (unpaired) electrons. The molecule has 0 aliphatic heterocycles. The number of aromatic nitrogens is 2. The van der Waals surface area contributed by atoms with Crippen LogP contribution in [0.15, 0.2) is 18.2 Å². The largest absolute Gasteiger partial charge is 0.494 e. The maximum absolute atomic E-state index is 11.6. The van der Waals surface area contributed by atoms with E-state index >= 15 is 0 Å². The molecule has 1 aliphatic carbocycles. The number of para-hydroxylation sites is 1. The van der Waals surface area contributed by atoms with E-state index in [-0.39, 0.29) is 12.8 Å². The lowest BCUT2D eigenvalue weighted by Gasteiger charge is -2.32. The molecule has 1 unspecified atom stereocenters. The van der Waals surface area contributed by atoms with Gasteiger partial charge in [0.25, 0.3) is 0 Å². The average molecular weight is 384 g/mol. The number of rotatable bonds is 4. The standard InChI is InChI=1S/C20H20N2O6/c1-26-13-6-4-5-12-14(13)22-16-15(21-12)18(28-3)11-9-20(25,19(23)24)8-7-10(11)17(16)27-2/h4-6,25H,7-9H2,1-3H3,(H,23,24). The van der Waals surface area contributed by atoms with E-state index in [1.165, 1.54) is 14.2 Å². The van der Waals surface area contributed by atoms with Crippen LogP contribution in [0.5, 0.6) is 17.2 Å². The second-order valence-electron chi connectivity index (χ2n) is 6.79. The second-order valence-corrected chi connectivity index (χ2v) is 6.79. The van der Waals surface area contributed by atoms with Gasteiger partial charge in [-0.1, -0.05) is 6.07 Å². The Morgan fingerprint density at radius 1 is 1.00 bits per heavy atom. The Bertz CT molecular complexity index is 1110. The Kier molecular flexibility index (Phi) is 4.23. The predicted molar refractivity (Wildman–Crippen MR) is 101 cm³/mol. The van der Waals surface area contributed by atoms with Crippen molar-refractivity contribution >= 4 is 28.0 Å². The molecule has 28 heavy (non-hydrogen) atoms. The van der Waals surface area contributed by atoms with Gasteiger partial charge in [0.1, 0.15) is 28.0 Å². The first-order valence-corrected chi connectivity index (χ1v) is 8.79. The molecule has 0 saturated heterocycles. The van der Waals surface area contributed by atoms with Crippen molar-refractivity contribution in [3.05, 3.63) is 29.3 Å². The molecule has 2 N–H and O–H groups in total. The van der Waals surface area contributed by atoms with Gasteiger partial charge in [0, 0.05) is 17.5 Å². The number of nitrogens with zero attached hydrogens (tertiary/aromatic N) is 2. The van der Waals surface area contributed by atoms with Crippen LogP contribution in [0, 0.1) is 0 Å². The van der Waals surface area contributed by atoms with Crippen molar-refractivity contribution in [2.75, 3.05) is 21.3 Å². The number of benzene rings is 2. The highest BCUT2D eigenvalue weighted by atomic mass is 16.5. The molecular formula is C20H20N2O6. The summed E-state index contributed by atoms with van der Waals surface area (Å²) in [5.41, 5.74) is 1.67. The number of carboxylic acids is 1. The molecule has 0 bridgehead atoms. The summed E-state index contributed by atoms with van der Waals surface area (Å²) in [7, 11) is 4.60. The van der Waals surface area contributed by atoms with E-state index in [9.17, 15) is 15.0 Å². The van der Waals surface area contributed by atoms with Gasteiger partial charge in [-0.05, 0) is 25.0 Å². The molecule has 0 saturated carbocycles. The van der Waals surface area contributed by atoms with E-state index in [2.05, 4.69) is 4.98 Å². The van der Waals surface area contributed by atoms with Crippen molar-refractivity contribution in [1.82, 2.24) is 9.97 Å². The number of aliphatic carboxylic acids is 1. The minimum absolute atomic E-state index is 0.0741. The summed E-state index contributed by atoms with van der Waals surface area (Å²) < 4.78 is 16.7. The van der Waals surface area contributed by atoms with Gasteiger partial charge >= 0.3 is 5.97 Å². The number of methoxy groups -OCH3 is 3. The van der Waals surface area contributed by atoms with Crippen molar-refractivity contribution < 1.29 is 29.2 Å². The molecule has 4 rings (SSSR count). The van der Waals surface area contributed by atoms with E-state index in [0.717, 1.165) is 5.56 Å². The molecule has 0 fully saturated rings. The van der Waals surface area contributed by atoms with Crippen molar-refractivity contribution in [3.8, 4) is 17.2 Å². The molecule has 1 atom stereocenters. The van der Waals surface area contributed by atoms with Crippen LogP contribution in [0.4, 0.5) is 0 Å². The number of aliphatic hydroxyl groups is 1. The third kappa shape index (κ3) is 2.52. The van der Waals surface area contributed by atoms with E-state index in [0.29, 0.717) is 51.3 Å². The first-order chi connectivity index (χ1) is 13.4. The fraction of sp³-hybridized carbons (Fsp3) is 0.350. The van der Waals surface area contributed by atoms with Crippen LogP contribution in [0.2, 0.25) is 0 Å². The minimum Gasteiger partial charge on any atom is -0.494 e. The second kappa shape index (κ2) is 6.49. The van der Waals surface area contributed by atoms with Crippen LogP contribution < -0.4 is 14.2 Å². The number of ether oxygens (including phenoxy) is 3. The summed E-state index contributed by atoms with van der Waals surface area (Å²) in [6.07, 6.45) is 0.300. The Morgan fingerprint density at radius 2 is 1.68 bits per heavy atom. The maximum atomic E-state index is 11.6. The quantitative estimate of drug-likeness (QED) is 0.658. The van der Waals surface area contributed by atoms with Gasteiger partial charge in [-0.3, -0.25) is 0 Å². The van der Waals surface area contributed by atoms with Gasteiger partial charge in [-0.2, -0.15) is 0 Å². The first-order valence-electron chi connectivity index (χ1n) is 8.79. The molecule has 1 aliphatic rings. The molecule has 8 nitrogen and oxygen atoms in total. The Balaban J connectivity index is 2.10. The molecule has 1 aromatic heterocycles. The smallest absolute Gasteiger partial charge is 0.336 e. The molecular weight excluding hydrogens is 364 g/mol. The fourth-order valence-corrected chi connectivity index (χ4v) is 3.88. The molecule has 0 spiro atoms. The highest BCUT2D eigenvalue weighted by molar-refractivity contribution is 5.97. The van der Waals surface area contributed by atoms with Gasteiger partial charge in [-0.15, -0.1) is 0 Å². The van der Waals surface area contributed by atoms with Gasteiger partial charge < -0.3 is 24.4 Å². The first kappa shape index (κ1) is 18.2. The lowest BCUT2D eigenvalue weighted by Crippen LogP contribution is -2.44. The topological polar surface area (TPSA) is 111 Å². The zero-order valence-electron chi connectivity index (χ0n) is 15.8. The van der Waals surface area contributed by atoms with Crippen LogP contribution in [0.3, 0.4) is 0 Å². The number of carboxylic acid groups (broad SMARTS) is 1. The minimum atomic E-state index is -1.85. The van der Waals surface area contributed by atoms with Crippen molar-refractivity contribution in [2.24, 2.45) is 0 Å². The average Bonchev–Trinajstić information content (AvgIpc) is 2.70. The van der Waals surface area contributed by atoms with E-state index in [1.54, 1.807) is 13.2 Å². The SMILES string of the molecule is COc1cccc2nc3c(OC)c4c(c(OC)c3nc12)CCC(O)(C(=O)O)C4. The van der Waals surface area contributed by atoms with E-state index in [4.69, 9.17) is 19.2 Å². The van der Waals surface area contributed by atoms with Crippen LogP contribution >= 0.6 is 0 Å². The van der Waals surface area contributed by atoms with Crippen molar-refractivity contribution in [2.45, 2.75) is 24.9 Å². The Hall–Kier alpha value is -3.13. The zero-order valence-corrected chi connectivity index (χ0v) is 15.8. The monoisotopic (exact) mass is 384 g/mol. The Morgan fingerprint density at radius 3 is 2.32 bits per heavy atom. The predicted octanol–water partition coefficient (Wildman–Crippen LogP) is 2.11. The van der Waals surface area contributed by atoms with Gasteiger partial charge in [-0.25, -0.2) is 14.8 Å². The molecule has 0 amide bonds. The van der Waals surface area contributed by atoms with E-state index < -0.39 is 11.6 Å². The van der Waals surface area contributed by atoms with Gasteiger partial charge in [0.2, 0.25) is 0 Å². The number of hydrogen-bond donors (Lipinski definition) is 2. The highest BCUT2D eigenvalue weighted by Gasteiger charge is 2.42. The fourth-order valence-electron chi connectivity index (χ4n) is 3.88. The lowest BCUT2D eigenvalue weighted by atomic mass is 9.79. The van der Waals surface area contributed by atoms with Crippen LogP contribution in [-0.2, 0) is 17.6 Å². The lowest BCUT2D eigenvalue weighted by molar-refractivity contribution is -0.159. The summed E-state index contributed by atoms with van der Waals surface area (Å²) in [4.78, 5) is 21.0. The Labute approximate surface area is 160 Å². The highest BCUT2D eigenvalue weighted by Crippen LogP contribution is 2.45. The van der Waals surface area contributed by atoms with Crippen LogP contribution in [-0.4, -0.2) is 53.1 Å². The summed E-state index contributed by atoms with van der Waals surface area (Å²) in [5.74, 6) is 0.250. The summed E-state index contributed by atoms with van der Waals surface area (Å²) in [6.45, 7) is 0. The third-order valence-electron chi connectivity index (χ3n) is 5.28. The molecule has 8 heteroatoms. The van der Waals surface area contributed by atoms with Crippen molar-refractivity contribution in [1.29, 1.82) is 0 Å². The normalized spacial score (nSPS) is 18.7. The van der Waals surface area contributed by atoms with Crippen LogP contribution in [0.25, 0.3) is 22.1 Å². The summed E-state index contributed by atoms with van der Waals surface area (Å²) in [6, 6.07) is 5.42. The van der Waals surface area contributed by atoms with E-state index in [1.807, 2.05) is 12.1 Å². The number of fused-ring (bicyclic) bond motifs is 3. The maximum Gasteiger partial charge on any atom is 0.336 e. The number of carbonyl (C=O) groups is 1. The van der Waals surface area contributed by atoms with Gasteiger partial charge in [0.15, 0.2) is 11.4 Å². The molecule has 2 aromatic carbocycles. The molecule has 146 valence electrons. The third-order valence-corrected chi connectivity index (χ3v) is 5.28. The number of hydrogen-bond acceptors (Lipinski definition) is 7. The zero-order chi connectivity index (χ0) is 20.1. The van der Waals surface area contributed by atoms with Gasteiger partial charge in [0.05, 0.1) is 26.8 Å².